The highest BCUT2D eigenvalue weighted by Crippen LogP contribution is 2.24. The first-order chi connectivity index (χ1) is 8.06. The van der Waals surface area contributed by atoms with Gasteiger partial charge < -0.3 is 11.1 Å². The minimum Gasteiger partial charge on any atom is -0.355 e. The topological polar surface area (TPSA) is 55.1 Å². The maximum atomic E-state index is 11.5. The Morgan fingerprint density at radius 3 is 2.44 bits per heavy atom. The zero-order valence-electron chi connectivity index (χ0n) is 10.1. The second kappa shape index (κ2) is 8.59. The van der Waals surface area contributed by atoms with Gasteiger partial charge in [-0.3, -0.25) is 4.79 Å². The van der Waals surface area contributed by atoms with Gasteiger partial charge in [0.05, 0.1) is 0 Å². The van der Waals surface area contributed by atoms with Crippen molar-refractivity contribution in [3.05, 3.63) is 33.8 Å². The van der Waals surface area contributed by atoms with E-state index < -0.39 is 0 Å². The van der Waals surface area contributed by atoms with Gasteiger partial charge in [0.25, 0.3) is 0 Å². The lowest BCUT2D eigenvalue weighted by Gasteiger charge is -2.11. The lowest BCUT2D eigenvalue weighted by molar-refractivity contribution is -0.124. The van der Waals surface area contributed by atoms with Crippen LogP contribution in [0, 0.1) is 5.92 Å². The Morgan fingerprint density at radius 1 is 1.39 bits per heavy atom. The molecule has 1 unspecified atom stereocenters. The fourth-order valence-corrected chi connectivity index (χ4v) is 1.95. The van der Waals surface area contributed by atoms with Crippen molar-refractivity contribution in [2.45, 2.75) is 13.3 Å². The summed E-state index contributed by atoms with van der Waals surface area (Å²) in [6.07, 6.45) is 0.613. The minimum atomic E-state index is -0.170. The van der Waals surface area contributed by atoms with Gasteiger partial charge in [0.2, 0.25) is 5.91 Å². The third kappa shape index (κ3) is 5.02. The number of hydrogen-bond acceptors (Lipinski definition) is 2. The van der Waals surface area contributed by atoms with E-state index in [0.717, 1.165) is 5.56 Å². The van der Waals surface area contributed by atoms with Crippen LogP contribution in [0.5, 0.6) is 0 Å². The normalized spacial score (nSPS) is 11.6. The van der Waals surface area contributed by atoms with Gasteiger partial charge in [-0.15, -0.1) is 12.4 Å². The number of carbonyl (C=O) groups excluding carboxylic acids is 1. The molecule has 0 aromatic heterocycles. The third-order valence-corrected chi connectivity index (χ3v) is 3.25. The molecular weight excluding hydrogens is 295 g/mol. The van der Waals surface area contributed by atoms with Crippen LogP contribution in [0.1, 0.15) is 12.5 Å². The molecule has 0 bridgehead atoms. The maximum Gasteiger partial charge on any atom is 0.224 e. The van der Waals surface area contributed by atoms with Gasteiger partial charge in [-0.25, -0.2) is 0 Å². The van der Waals surface area contributed by atoms with E-state index in [-0.39, 0.29) is 24.2 Å². The molecule has 0 saturated heterocycles. The van der Waals surface area contributed by atoms with Crippen LogP contribution in [0.3, 0.4) is 0 Å². The average molecular weight is 312 g/mol. The Bertz CT molecular complexity index is 379. The van der Waals surface area contributed by atoms with Crippen molar-refractivity contribution in [2.24, 2.45) is 11.7 Å². The van der Waals surface area contributed by atoms with E-state index in [2.05, 4.69) is 5.32 Å². The zero-order valence-corrected chi connectivity index (χ0v) is 12.4. The van der Waals surface area contributed by atoms with Crippen LogP contribution in [0.15, 0.2) is 18.2 Å². The smallest absolute Gasteiger partial charge is 0.224 e. The van der Waals surface area contributed by atoms with E-state index in [1.807, 2.05) is 0 Å². The lowest BCUT2D eigenvalue weighted by atomic mass is 10.1. The van der Waals surface area contributed by atoms with Crippen LogP contribution >= 0.6 is 35.6 Å². The number of amides is 1. The summed E-state index contributed by atoms with van der Waals surface area (Å²) in [5.41, 5.74) is 6.26. The van der Waals surface area contributed by atoms with Crippen molar-refractivity contribution in [3.8, 4) is 0 Å². The first kappa shape index (κ1) is 17.5. The molecule has 0 aliphatic rings. The molecule has 1 rings (SSSR count). The first-order valence-corrected chi connectivity index (χ1v) is 6.22. The van der Waals surface area contributed by atoms with Crippen LogP contribution in [0.4, 0.5) is 0 Å². The Kier molecular flexibility index (Phi) is 8.36. The molecule has 18 heavy (non-hydrogen) atoms. The van der Waals surface area contributed by atoms with E-state index in [0.29, 0.717) is 29.6 Å². The molecule has 1 amide bonds. The van der Waals surface area contributed by atoms with Crippen molar-refractivity contribution in [1.29, 1.82) is 0 Å². The molecule has 0 saturated carbocycles. The Hall–Kier alpha value is -0.480. The molecule has 1 atom stereocenters. The highest BCUT2D eigenvalue weighted by Gasteiger charge is 2.10. The van der Waals surface area contributed by atoms with Gasteiger partial charge in [0.1, 0.15) is 0 Å². The lowest BCUT2D eigenvalue weighted by Crippen LogP contribution is -2.34. The fourth-order valence-electron chi connectivity index (χ4n) is 1.36. The van der Waals surface area contributed by atoms with Crippen LogP contribution in [0.2, 0.25) is 10.0 Å². The molecule has 0 fully saturated rings. The van der Waals surface area contributed by atoms with Crippen LogP contribution < -0.4 is 11.1 Å². The zero-order chi connectivity index (χ0) is 12.8. The number of nitrogens with two attached hydrogens (primary N) is 1. The van der Waals surface area contributed by atoms with Gasteiger partial charge in [-0.1, -0.05) is 36.2 Å². The molecule has 1 aromatic rings. The molecule has 3 N–H and O–H groups in total. The molecule has 0 spiro atoms. The maximum absolute atomic E-state index is 11.5. The monoisotopic (exact) mass is 310 g/mol. The molecule has 6 heteroatoms. The number of hydrogen-bond donors (Lipinski definition) is 2. The summed E-state index contributed by atoms with van der Waals surface area (Å²) in [5.74, 6) is -0.215. The summed E-state index contributed by atoms with van der Waals surface area (Å²) >= 11 is 12.0. The third-order valence-electron chi connectivity index (χ3n) is 2.54. The van der Waals surface area contributed by atoms with Crippen molar-refractivity contribution >= 4 is 41.5 Å². The van der Waals surface area contributed by atoms with Gasteiger partial charge in [0.15, 0.2) is 0 Å². The number of rotatable bonds is 5. The molecule has 0 aliphatic carbocycles. The summed E-state index contributed by atoms with van der Waals surface area (Å²) in [6, 6.07) is 5.36. The van der Waals surface area contributed by atoms with Gasteiger partial charge in [-0.05, 0) is 24.1 Å². The number of carbonyl (C=O) groups is 1. The van der Waals surface area contributed by atoms with E-state index >= 15 is 0 Å². The van der Waals surface area contributed by atoms with Crippen molar-refractivity contribution in [1.82, 2.24) is 5.32 Å². The molecule has 102 valence electrons. The number of halogens is 3. The quantitative estimate of drug-likeness (QED) is 0.878. The Morgan fingerprint density at radius 2 is 1.94 bits per heavy atom. The fraction of sp³-hybridized carbons (Fsp3) is 0.417. The molecule has 0 aliphatic heterocycles. The molecule has 0 heterocycles. The number of nitrogens with one attached hydrogen (secondary N) is 1. The molecular formula is C12H17Cl3N2O. The Balaban J connectivity index is 0.00000289. The second-order valence-electron chi connectivity index (χ2n) is 3.88. The summed E-state index contributed by atoms with van der Waals surface area (Å²) in [4.78, 5) is 11.5. The Labute approximate surface area is 123 Å². The average Bonchev–Trinajstić information content (AvgIpc) is 2.31. The van der Waals surface area contributed by atoms with Crippen molar-refractivity contribution < 1.29 is 4.79 Å². The van der Waals surface area contributed by atoms with Gasteiger partial charge >= 0.3 is 0 Å². The highest BCUT2D eigenvalue weighted by molar-refractivity contribution is 6.35. The molecule has 0 radical (unpaired) electrons. The number of benzene rings is 1. The molecule has 1 aromatic carbocycles. The minimum absolute atomic E-state index is 0. The summed E-state index contributed by atoms with van der Waals surface area (Å²) in [7, 11) is 0. The second-order valence-corrected chi connectivity index (χ2v) is 4.69. The summed E-state index contributed by atoms with van der Waals surface area (Å²) < 4.78 is 0. The largest absolute Gasteiger partial charge is 0.355 e. The van der Waals surface area contributed by atoms with E-state index in [1.165, 1.54) is 0 Å². The van der Waals surface area contributed by atoms with Gasteiger partial charge in [-0.2, -0.15) is 0 Å². The summed E-state index contributed by atoms with van der Waals surface area (Å²) in [6.45, 7) is 2.64. The van der Waals surface area contributed by atoms with E-state index in [4.69, 9.17) is 28.9 Å². The van der Waals surface area contributed by atoms with Gasteiger partial charge in [0, 0.05) is 29.1 Å². The van der Waals surface area contributed by atoms with Crippen LogP contribution in [0.25, 0.3) is 0 Å². The van der Waals surface area contributed by atoms with Crippen LogP contribution in [-0.4, -0.2) is 19.0 Å². The summed E-state index contributed by atoms with van der Waals surface area (Å²) in [5, 5.41) is 4.05. The standard InChI is InChI=1S/C12H16Cl2N2O.ClH/c1-8(7-15)12(17)16-6-5-9-10(13)3-2-4-11(9)14;/h2-4,8H,5-7,15H2,1H3,(H,16,17);1H. The predicted octanol–water partition coefficient (Wildman–Crippen LogP) is 2.67. The SMILES string of the molecule is CC(CN)C(=O)NCCc1c(Cl)cccc1Cl.Cl. The van der Waals surface area contributed by atoms with E-state index in [9.17, 15) is 4.79 Å². The van der Waals surface area contributed by atoms with Crippen LogP contribution in [-0.2, 0) is 11.2 Å². The first-order valence-electron chi connectivity index (χ1n) is 5.47. The molecule has 3 nitrogen and oxygen atoms in total. The van der Waals surface area contributed by atoms with E-state index in [1.54, 1.807) is 25.1 Å². The predicted molar refractivity (Wildman–Crippen MR) is 78.6 cm³/mol. The highest BCUT2D eigenvalue weighted by atomic mass is 35.5. The van der Waals surface area contributed by atoms with Crippen molar-refractivity contribution in [2.75, 3.05) is 13.1 Å². The van der Waals surface area contributed by atoms with Crippen molar-refractivity contribution in [3.63, 3.8) is 0 Å².